The molecule has 0 heterocycles. The van der Waals surface area contributed by atoms with E-state index in [2.05, 4.69) is 20.8 Å². The van der Waals surface area contributed by atoms with Gasteiger partial charge < -0.3 is 14.9 Å². The molecule has 10 atom stereocenters. The highest BCUT2D eigenvalue weighted by atomic mass is 16.5. The van der Waals surface area contributed by atoms with Gasteiger partial charge in [-0.15, -0.1) is 0 Å². The normalized spacial score (nSPS) is 50.2. The molecule has 0 unspecified atom stereocenters. The van der Waals surface area contributed by atoms with E-state index in [0.29, 0.717) is 30.1 Å². The average molecular weight is 407 g/mol. The molecule has 2 N–H and O–H groups in total. The van der Waals surface area contributed by atoms with Crippen molar-refractivity contribution in [1.82, 2.24) is 0 Å². The third-order valence-electron chi connectivity index (χ3n) is 10.5. The Balaban J connectivity index is 1.56. The number of fused-ring (bicyclic) bond motifs is 5. The SMILES string of the molecule is COC(=O)CC[C@H](C)[C@H]1CC[C@@H]2[C@H]3[C@H](O)[C@H](O)[C@@H]4CCCC[C@]4(C)[C@@H]3CC[C@@]21C. The van der Waals surface area contributed by atoms with E-state index in [0.717, 1.165) is 19.3 Å². The van der Waals surface area contributed by atoms with Gasteiger partial charge in [0, 0.05) is 6.42 Å². The average Bonchev–Trinajstić information content (AvgIpc) is 3.06. The Kier molecular flexibility index (Phi) is 5.83. The molecule has 4 saturated carbocycles. The van der Waals surface area contributed by atoms with Gasteiger partial charge in [-0.3, -0.25) is 4.79 Å². The van der Waals surface area contributed by atoms with Crippen LogP contribution in [0.4, 0.5) is 0 Å². The molecule has 0 amide bonds. The molecule has 4 fully saturated rings. The number of esters is 1. The lowest BCUT2D eigenvalue weighted by Gasteiger charge is -2.63. The predicted molar refractivity (Wildman–Crippen MR) is 113 cm³/mol. The minimum atomic E-state index is -0.565. The first-order valence-corrected chi connectivity index (χ1v) is 12.2. The van der Waals surface area contributed by atoms with Crippen LogP contribution in [0.1, 0.15) is 85.0 Å². The highest BCUT2D eigenvalue weighted by Crippen LogP contribution is 2.68. The molecule has 0 aliphatic heterocycles. The van der Waals surface area contributed by atoms with Crippen LogP contribution >= 0.6 is 0 Å². The van der Waals surface area contributed by atoms with E-state index in [1.165, 1.54) is 45.6 Å². The van der Waals surface area contributed by atoms with Crippen LogP contribution < -0.4 is 0 Å². The lowest BCUT2D eigenvalue weighted by molar-refractivity contribution is -0.215. The maximum absolute atomic E-state index is 11.6. The van der Waals surface area contributed by atoms with Crippen molar-refractivity contribution in [2.75, 3.05) is 7.11 Å². The minimum Gasteiger partial charge on any atom is -0.469 e. The summed E-state index contributed by atoms with van der Waals surface area (Å²) in [5, 5.41) is 22.4. The Morgan fingerprint density at radius 1 is 0.966 bits per heavy atom. The second-order valence-electron chi connectivity index (χ2n) is 11.5. The first-order valence-electron chi connectivity index (χ1n) is 12.2. The molecular weight excluding hydrogens is 364 g/mol. The van der Waals surface area contributed by atoms with E-state index < -0.39 is 12.2 Å². The first kappa shape index (κ1) is 21.6. The smallest absolute Gasteiger partial charge is 0.305 e. The Morgan fingerprint density at radius 3 is 2.41 bits per heavy atom. The molecule has 4 rings (SSSR count). The fraction of sp³-hybridized carbons (Fsp3) is 0.960. The second-order valence-corrected chi connectivity index (χ2v) is 11.5. The summed E-state index contributed by atoms with van der Waals surface area (Å²) in [6, 6.07) is 0. The zero-order chi connectivity index (χ0) is 21.0. The Bertz CT molecular complexity index is 620. The number of hydrogen-bond acceptors (Lipinski definition) is 4. The van der Waals surface area contributed by atoms with Crippen LogP contribution in [0, 0.1) is 46.3 Å². The van der Waals surface area contributed by atoms with Crippen molar-refractivity contribution in [2.24, 2.45) is 46.3 Å². The van der Waals surface area contributed by atoms with Crippen LogP contribution in [-0.4, -0.2) is 35.5 Å². The summed E-state index contributed by atoms with van der Waals surface area (Å²) < 4.78 is 4.85. The summed E-state index contributed by atoms with van der Waals surface area (Å²) in [6.07, 6.45) is 9.80. The molecule has 0 saturated heterocycles. The molecule has 4 aliphatic carbocycles. The van der Waals surface area contributed by atoms with Crippen LogP contribution in [0.5, 0.6) is 0 Å². The van der Waals surface area contributed by atoms with Gasteiger partial charge in [0.1, 0.15) is 0 Å². The molecule has 0 bridgehead atoms. The highest BCUT2D eigenvalue weighted by Gasteiger charge is 2.64. The van der Waals surface area contributed by atoms with E-state index >= 15 is 0 Å². The minimum absolute atomic E-state index is 0.109. The number of ether oxygens (including phenoxy) is 1. The summed E-state index contributed by atoms with van der Waals surface area (Å²) >= 11 is 0. The van der Waals surface area contributed by atoms with Gasteiger partial charge in [0.25, 0.3) is 0 Å². The van der Waals surface area contributed by atoms with Gasteiger partial charge in [-0.2, -0.15) is 0 Å². The molecule has 4 heteroatoms. The molecule has 0 aromatic carbocycles. The summed E-state index contributed by atoms with van der Waals surface area (Å²) in [6.45, 7) is 7.18. The fourth-order valence-electron chi connectivity index (χ4n) is 8.94. The zero-order valence-electron chi connectivity index (χ0n) is 18.9. The van der Waals surface area contributed by atoms with Crippen LogP contribution in [0.15, 0.2) is 0 Å². The van der Waals surface area contributed by atoms with E-state index in [9.17, 15) is 15.0 Å². The van der Waals surface area contributed by atoms with Crippen molar-refractivity contribution in [1.29, 1.82) is 0 Å². The number of methoxy groups -OCH3 is 1. The van der Waals surface area contributed by atoms with Crippen molar-refractivity contribution < 1.29 is 19.7 Å². The van der Waals surface area contributed by atoms with Gasteiger partial charge in [-0.25, -0.2) is 0 Å². The number of hydrogen-bond donors (Lipinski definition) is 2. The van der Waals surface area contributed by atoms with E-state index in [4.69, 9.17) is 4.74 Å². The van der Waals surface area contributed by atoms with Crippen molar-refractivity contribution in [3.8, 4) is 0 Å². The molecular formula is C25H42O4. The zero-order valence-corrected chi connectivity index (χ0v) is 18.9. The van der Waals surface area contributed by atoms with Gasteiger partial charge in [-0.05, 0) is 91.3 Å². The van der Waals surface area contributed by atoms with Crippen molar-refractivity contribution in [3.63, 3.8) is 0 Å². The van der Waals surface area contributed by atoms with Gasteiger partial charge in [-0.1, -0.05) is 33.6 Å². The third-order valence-corrected chi connectivity index (χ3v) is 10.5. The predicted octanol–water partition coefficient (Wildman–Crippen LogP) is 4.57. The van der Waals surface area contributed by atoms with Crippen LogP contribution in [0.25, 0.3) is 0 Å². The van der Waals surface area contributed by atoms with E-state index in [-0.39, 0.29) is 28.6 Å². The van der Waals surface area contributed by atoms with Crippen LogP contribution in [0.3, 0.4) is 0 Å². The topological polar surface area (TPSA) is 66.8 Å². The summed E-state index contributed by atoms with van der Waals surface area (Å²) in [5.41, 5.74) is 0.409. The third kappa shape index (κ3) is 3.28. The highest BCUT2D eigenvalue weighted by molar-refractivity contribution is 5.69. The fourth-order valence-corrected chi connectivity index (χ4v) is 8.94. The van der Waals surface area contributed by atoms with Crippen molar-refractivity contribution in [3.05, 3.63) is 0 Å². The molecule has 0 aromatic heterocycles. The molecule has 4 nitrogen and oxygen atoms in total. The van der Waals surface area contributed by atoms with E-state index in [1.807, 2.05) is 0 Å². The van der Waals surface area contributed by atoms with Gasteiger partial charge in [0.15, 0.2) is 0 Å². The number of carbonyl (C=O) groups is 1. The first-order chi connectivity index (χ1) is 13.7. The molecule has 29 heavy (non-hydrogen) atoms. The van der Waals surface area contributed by atoms with Crippen molar-refractivity contribution >= 4 is 5.97 Å². The monoisotopic (exact) mass is 406 g/mol. The molecule has 0 spiro atoms. The largest absolute Gasteiger partial charge is 0.469 e. The second kappa shape index (κ2) is 7.82. The van der Waals surface area contributed by atoms with Crippen LogP contribution in [0.2, 0.25) is 0 Å². The van der Waals surface area contributed by atoms with Crippen molar-refractivity contribution in [2.45, 2.75) is 97.2 Å². The molecule has 166 valence electrons. The summed E-state index contributed by atoms with van der Waals surface area (Å²) in [7, 11) is 1.47. The number of carbonyl (C=O) groups excluding carboxylic acids is 1. The van der Waals surface area contributed by atoms with Crippen LogP contribution in [-0.2, 0) is 9.53 Å². The van der Waals surface area contributed by atoms with Gasteiger partial charge in [0.2, 0.25) is 0 Å². The number of rotatable bonds is 4. The van der Waals surface area contributed by atoms with Gasteiger partial charge in [0.05, 0.1) is 19.3 Å². The lowest BCUT2D eigenvalue weighted by atomic mass is 9.43. The van der Waals surface area contributed by atoms with E-state index in [1.54, 1.807) is 0 Å². The Hall–Kier alpha value is -0.610. The quantitative estimate of drug-likeness (QED) is 0.671. The molecule has 4 aliphatic rings. The standard InChI is InChI=1S/C25H42O4/c1-15(8-11-20(26)29-4)16-9-10-17-21-18(12-14-25(16,17)3)24(2)13-6-5-7-19(24)22(27)23(21)28/h15-19,21-23,27-28H,5-14H2,1-4H3/t15-,16+,17+,18+,19-,21+,22+,23-,24+,25+/m0/s1. The maximum Gasteiger partial charge on any atom is 0.305 e. The maximum atomic E-state index is 11.6. The molecule has 0 radical (unpaired) electrons. The summed E-state index contributed by atoms with van der Waals surface area (Å²) in [5.74, 6) is 2.53. The Labute approximate surface area is 176 Å². The Morgan fingerprint density at radius 2 is 1.69 bits per heavy atom. The van der Waals surface area contributed by atoms with Gasteiger partial charge >= 0.3 is 5.97 Å². The number of aliphatic hydroxyl groups excluding tert-OH is 2. The lowest BCUT2D eigenvalue weighted by Crippen LogP contribution is -2.63. The summed E-state index contributed by atoms with van der Waals surface area (Å²) in [4.78, 5) is 11.6. The molecule has 0 aromatic rings. The number of aliphatic hydroxyl groups is 2.